The van der Waals surface area contributed by atoms with Crippen molar-refractivity contribution >= 4 is 17.3 Å². The quantitative estimate of drug-likeness (QED) is 0.891. The zero-order valence-corrected chi connectivity index (χ0v) is 11.1. The van der Waals surface area contributed by atoms with Crippen molar-refractivity contribution in [3.05, 3.63) is 60.2 Å². The minimum atomic E-state index is -0.282. The second kappa shape index (κ2) is 6.39. The highest BCUT2D eigenvalue weighted by atomic mass is 16.1. The van der Waals surface area contributed by atoms with E-state index in [1.54, 1.807) is 25.1 Å². The second-order valence-corrected chi connectivity index (χ2v) is 4.40. The zero-order valence-electron chi connectivity index (χ0n) is 11.1. The monoisotopic (exact) mass is 265 g/mol. The molecule has 1 unspecified atom stereocenters. The van der Waals surface area contributed by atoms with Gasteiger partial charge >= 0.3 is 0 Å². The Labute approximate surface area is 118 Å². The Hall–Kier alpha value is -2.80. The van der Waals surface area contributed by atoms with E-state index in [0.29, 0.717) is 11.3 Å². The highest BCUT2D eigenvalue weighted by Gasteiger charge is 2.06. The molecule has 2 N–H and O–H groups in total. The van der Waals surface area contributed by atoms with Crippen molar-refractivity contribution in [3.63, 3.8) is 0 Å². The van der Waals surface area contributed by atoms with E-state index in [0.717, 1.165) is 5.69 Å². The Morgan fingerprint density at radius 3 is 2.50 bits per heavy atom. The molecule has 0 saturated carbocycles. The molecular weight excluding hydrogens is 250 g/mol. The van der Waals surface area contributed by atoms with Gasteiger partial charge in [-0.25, -0.2) is 0 Å². The van der Waals surface area contributed by atoms with Crippen LogP contribution in [0.25, 0.3) is 0 Å². The first-order chi connectivity index (χ1) is 9.69. The van der Waals surface area contributed by atoms with Crippen LogP contribution in [-0.4, -0.2) is 11.9 Å². The molecule has 0 aliphatic rings. The first-order valence-electron chi connectivity index (χ1n) is 6.31. The lowest BCUT2D eigenvalue weighted by Gasteiger charge is -2.10. The van der Waals surface area contributed by atoms with E-state index in [9.17, 15) is 4.79 Å². The fourth-order valence-electron chi connectivity index (χ4n) is 1.76. The number of hydrogen-bond acceptors (Lipinski definition) is 3. The predicted octanol–water partition coefficient (Wildman–Crippen LogP) is 3.26. The van der Waals surface area contributed by atoms with Crippen LogP contribution >= 0.6 is 0 Å². The number of nitrogens with zero attached hydrogens (tertiary/aromatic N) is 1. The molecule has 20 heavy (non-hydrogen) atoms. The van der Waals surface area contributed by atoms with Crippen LogP contribution in [0.3, 0.4) is 0 Å². The van der Waals surface area contributed by atoms with Crippen molar-refractivity contribution in [1.82, 2.24) is 0 Å². The van der Waals surface area contributed by atoms with Gasteiger partial charge in [-0.15, -0.1) is 0 Å². The Morgan fingerprint density at radius 1 is 1.10 bits per heavy atom. The average molecular weight is 265 g/mol. The summed E-state index contributed by atoms with van der Waals surface area (Å²) in [6.07, 6.45) is 0. The third kappa shape index (κ3) is 3.59. The fourth-order valence-corrected chi connectivity index (χ4v) is 1.76. The van der Waals surface area contributed by atoms with Crippen molar-refractivity contribution in [2.75, 3.05) is 10.6 Å². The molecule has 0 radical (unpaired) electrons. The van der Waals surface area contributed by atoms with Crippen molar-refractivity contribution in [3.8, 4) is 6.07 Å². The van der Waals surface area contributed by atoms with Gasteiger partial charge in [0.05, 0.1) is 6.07 Å². The number of nitriles is 1. The summed E-state index contributed by atoms with van der Waals surface area (Å²) in [6, 6.07) is 18.1. The first kappa shape index (κ1) is 13.6. The van der Waals surface area contributed by atoms with E-state index < -0.39 is 0 Å². The number of hydrogen-bond donors (Lipinski definition) is 2. The zero-order chi connectivity index (χ0) is 14.4. The number of carbonyl (C=O) groups is 1. The average Bonchev–Trinajstić information content (AvgIpc) is 2.48. The summed E-state index contributed by atoms with van der Waals surface area (Å²) in [5, 5.41) is 14.6. The molecule has 0 spiro atoms. The second-order valence-electron chi connectivity index (χ2n) is 4.40. The van der Waals surface area contributed by atoms with E-state index >= 15 is 0 Å². The van der Waals surface area contributed by atoms with E-state index in [1.165, 1.54) is 0 Å². The Balaban J connectivity index is 2.09. The maximum absolute atomic E-state index is 12.0. The third-order valence-corrected chi connectivity index (χ3v) is 2.73. The Kier molecular flexibility index (Phi) is 4.35. The van der Waals surface area contributed by atoms with Gasteiger partial charge in [0.1, 0.15) is 6.04 Å². The molecule has 1 atom stereocenters. The van der Waals surface area contributed by atoms with Gasteiger partial charge in [-0.3, -0.25) is 4.79 Å². The number of amides is 1. The van der Waals surface area contributed by atoms with Crippen molar-refractivity contribution in [1.29, 1.82) is 5.26 Å². The van der Waals surface area contributed by atoms with Gasteiger partial charge in [-0.2, -0.15) is 5.26 Å². The van der Waals surface area contributed by atoms with Crippen LogP contribution in [0.1, 0.15) is 17.3 Å². The maximum atomic E-state index is 12.0. The summed E-state index contributed by atoms with van der Waals surface area (Å²) in [6.45, 7) is 1.77. The smallest absolute Gasteiger partial charge is 0.255 e. The van der Waals surface area contributed by atoms with Gasteiger partial charge in [-0.05, 0) is 37.3 Å². The van der Waals surface area contributed by atoms with Gasteiger partial charge in [0.2, 0.25) is 0 Å². The summed E-state index contributed by atoms with van der Waals surface area (Å²) < 4.78 is 0. The molecule has 100 valence electrons. The molecule has 1 amide bonds. The normalized spacial score (nSPS) is 11.2. The lowest BCUT2D eigenvalue weighted by Crippen LogP contribution is -2.14. The molecule has 2 aromatic carbocycles. The van der Waals surface area contributed by atoms with Gasteiger partial charge in [0.25, 0.3) is 5.91 Å². The van der Waals surface area contributed by atoms with Crippen molar-refractivity contribution in [2.45, 2.75) is 13.0 Å². The first-order valence-corrected chi connectivity index (χ1v) is 6.31. The minimum absolute atomic E-state index is 0.156. The minimum Gasteiger partial charge on any atom is -0.370 e. The highest BCUT2D eigenvalue weighted by molar-refractivity contribution is 6.04. The Morgan fingerprint density at radius 2 is 1.80 bits per heavy atom. The summed E-state index contributed by atoms with van der Waals surface area (Å²) in [4.78, 5) is 12.0. The lowest BCUT2D eigenvalue weighted by atomic mass is 10.2. The molecule has 4 nitrogen and oxygen atoms in total. The van der Waals surface area contributed by atoms with Crippen molar-refractivity contribution in [2.24, 2.45) is 0 Å². The molecule has 0 fully saturated rings. The molecule has 0 aromatic heterocycles. The standard InChI is InChI=1S/C16H15N3O/c1-12(11-17)18-14-8-5-9-15(10-14)19-16(20)13-6-3-2-4-7-13/h2-10,12,18H,1H3,(H,19,20). The van der Waals surface area contributed by atoms with Crippen LogP contribution in [0.2, 0.25) is 0 Å². The maximum Gasteiger partial charge on any atom is 0.255 e. The summed E-state index contributed by atoms with van der Waals surface area (Å²) in [5.74, 6) is -0.156. The van der Waals surface area contributed by atoms with Crippen LogP contribution in [0, 0.1) is 11.3 Å². The van der Waals surface area contributed by atoms with Crippen LogP contribution in [0.15, 0.2) is 54.6 Å². The number of nitrogens with one attached hydrogen (secondary N) is 2. The molecule has 2 aromatic rings. The summed E-state index contributed by atoms with van der Waals surface area (Å²) in [7, 11) is 0. The van der Waals surface area contributed by atoms with E-state index in [4.69, 9.17) is 5.26 Å². The largest absolute Gasteiger partial charge is 0.370 e. The highest BCUT2D eigenvalue weighted by Crippen LogP contribution is 2.16. The number of anilines is 2. The molecule has 2 rings (SSSR count). The molecule has 0 aliphatic carbocycles. The van der Waals surface area contributed by atoms with Gasteiger partial charge in [0, 0.05) is 16.9 Å². The predicted molar refractivity (Wildman–Crippen MR) is 79.5 cm³/mol. The van der Waals surface area contributed by atoms with Gasteiger partial charge in [0.15, 0.2) is 0 Å². The van der Waals surface area contributed by atoms with Crippen molar-refractivity contribution < 1.29 is 4.79 Å². The van der Waals surface area contributed by atoms with Crippen LogP contribution < -0.4 is 10.6 Å². The number of carbonyl (C=O) groups excluding carboxylic acids is 1. The summed E-state index contributed by atoms with van der Waals surface area (Å²) in [5.41, 5.74) is 2.09. The van der Waals surface area contributed by atoms with Crippen LogP contribution in [0.5, 0.6) is 0 Å². The van der Waals surface area contributed by atoms with Crippen LogP contribution in [0.4, 0.5) is 11.4 Å². The third-order valence-electron chi connectivity index (χ3n) is 2.73. The molecule has 4 heteroatoms. The molecule has 0 heterocycles. The SMILES string of the molecule is CC(C#N)Nc1cccc(NC(=O)c2ccccc2)c1. The lowest BCUT2D eigenvalue weighted by molar-refractivity contribution is 0.102. The number of benzene rings is 2. The molecular formula is C16H15N3O. The molecule has 0 bridgehead atoms. The van der Waals surface area contributed by atoms with E-state index in [1.807, 2.05) is 36.4 Å². The van der Waals surface area contributed by atoms with E-state index in [2.05, 4.69) is 16.7 Å². The topological polar surface area (TPSA) is 64.9 Å². The van der Waals surface area contributed by atoms with Gasteiger partial charge < -0.3 is 10.6 Å². The molecule has 0 saturated heterocycles. The molecule has 0 aliphatic heterocycles. The Bertz CT molecular complexity index is 632. The van der Waals surface area contributed by atoms with Gasteiger partial charge in [-0.1, -0.05) is 24.3 Å². The number of rotatable bonds is 4. The summed E-state index contributed by atoms with van der Waals surface area (Å²) >= 11 is 0. The van der Waals surface area contributed by atoms with E-state index in [-0.39, 0.29) is 11.9 Å². The fraction of sp³-hybridized carbons (Fsp3) is 0.125. The van der Waals surface area contributed by atoms with Crippen LogP contribution in [-0.2, 0) is 0 Å².